The lowest BCUT2D eigenvalue weighted by atomic mass is 9.81. The smallest absolute Gasteiger partial charge is 0.223 e. The summed E-state index contributed by atoms with van der Waals surface area (Å²) in [6.07, 6.45) is 5.91. The van der Waals surface area contributed by atoms with Gasteiger partial charge in [-0.15, -0.1) is 0 Å². The van der Waals surface area contributed by atoms with Crippen LogP contribution >= 0.6 is 15.9 Å². The van der Waals surface area contributed by atoms with Crippen LogP contribution in [-0.4, -0.2) is 9.97 Å². The predicted molar refractivity (Wildman–Crippen MR) is 80.0 cm³/mol. The summed E-state index contributed by atoms with van der Waals surface area (Å²) in [7, 11) is 0. The van der Waals surface area contributed by atoms with Crippen LogP contribution in [0.5, 0.6) is 0 Å². The summed E-state index contributed by atoms with van der Waals surface area (Å²) in [6.45, 7) is 2.28. The molecule has 2 atom stereocenters. The van der Waals surface area contributed by atoms with Gasteiger partial charge in [0.25, 0.3) is 0 Å². The number of aromatic nitrogens is 2. The second kappa shape index (κ2) is 5.29. The van der Waals surface area contributed by atoms with Gasteiger partial charge in [0.15, 0.2) is 0 Å². The minimum Gasteiger partial charge on any atom is -0.347 e. The average molecular weight is 318 g/mol. The Hall–Kier alpha value is -1.42. The predicted octanol–water partition coefficient (Wildman–Crippen LogP) is 3.97. The number of hydrogen-bond donors (Lipinski definition) is 1. The monoisotopic (exact) mass is 317 g/mol. The molecule has 0 saturated carbocycles. The van der Waals surface area contributed by atoms with E-state index in [-0.39, 0.29) is 0 Å². The van der Waals surface area contributed by atoms with Crippen molar-refractivity contribution in [2.75, 3.05) is 5.32 Å². The van der Waals surface area contributed by atoms with Gasteiger partial charge in [-0.1, -0.05) is 31.2 Å². The summed E-state index contributed by atoms with van der Waals surface area (Å²) in [4.78, 5) is 8.62. The van der Waals surface area contributed by atoms with Crippen LogP contribution in [-0.2, 0) is 6.42 Å². The molecule has 1 aliphatic carbocycles. The van der Waals surface area contributed by atoms with Crippen molar-refractivity contribution in [1.82, 2.24) is 9.97 Å². The van der Waals surface area contributed by atoms with Crippen molar-refractivity contribution in [1.29, 1.82) is 0 Å². The zero-order chi connectivity index (χ0) is 13.2. The van der Waals surface area contributed by atoms with Gasteiger partial charge in [-0.2, -0.15) is 0 Å². The molecule has 0 saturated heterocycles. The van der Waals surface area contributed by atoms with Crippen LogP contribution in [0.1, 0.15) is 30.5 Å². The summed E-state index contributed by atoms with van der Waals surface area (Å²) in [6, 6.07) is 8.95. The molecule has 0 aliphatic heterocycles. The molecule has 19 heavy (non-hydrogen) atoms. The standard InChI is InChI=1S/C15H16BrN3/c1-10-6-7-11-4-2-3-5-13(11)14(10)19-15-17-8-12(16)9-18-15/h2-5,8-10,14H,6-7H2,1H3,(H,17,18,19). The second-order valence-corrected chi connectivity index (χ2v) is 5.98. The summed E-state index contributed by atoms with van der Waals surface area (Å²) < 4.78 is 0.898. The molecule has 1 heterocycles. The minimum atomic E-state index is 0.297. The summed E-state index contributed by atoms with van der Waals surface area (Å²) in [5.41, 5.74) is 2.82. The highest BCUT2D eigenvalue weighted by atomic mass is 79.9. The number of rotatable bonds is 2. The van der Waals surface area contributed by atoms with Crippen molar-refractivity contribution < 1.29 is 0 Å². The highest BCUT2D eigenvalue weighted by Crippen LogP contribution is 2.35. The third kappa shape index (κ3) is 2.63. The Labute approximate surface area is 121 Å². The molecule has 0 spiro atoms. The van der Waals surface area contributed by atoms with E-state index >= 15 is 0 Å². The van der Waals surface area contributed by atoms with Crippen LogP contribution in [0, 0.1) is 5.92 Å². The normalized spacial score (nSPS) is 21.8. The van der Waals surface area contributed by atoms with Gasteiger partial charge in [-0.25, -0.2) is 9.97 Å². The van der Waals surface area contributed by atoms with Crippen LogP contribution in [0.2, 0.25) is 0 Å². The number of aryl methyl sites for hydroxylation is 1. The van der Waals surface area contributed by atoms with Gasteiger partial charge in [-0.05, 0) is 45.8 Å². The summed E-state index contributed by atoms with van der Waals surface area (Å²) in [5.74, 6) is 1.28. The van der Waals surface area contributed by atoms with E-state index in [1.54, 1.807) is 12.4 Å². The molecule has 2 unspecified atom stereocenters. The van der Waals surface area contributed by atoms with E-state index in [0.29, 0.717) is 17.9 Å². The summed E-state index contributed by atoms with van der Waals surface area (Å²) >= 11 is 3.36. The number of anilines is 1. The molecule has 1 aromatic carbocycles. The fourth-order valence-corrected chi connectivity index (χ4v) is 2.87. The first kappa shape index (κ1) is 12.6. The van der Waals surface area contributed by atoms with Gasteiger partial charge < -0.3 is 5.32 Å². The number of benzene rings is 1. The molecule has 1 N–H and O–H groups in total. The molecule has 2 aromatic rings. The molecule has 0 radical (unpaired) electrons. The topological polar surface area (TPSA) is 37.8 Å². The van der Waals surface area contributed by atoms with Crippen molar-refractivity contribution in [3.05, 3.63) is 52.3 Å². The fourth-order valence-electron chi connectivity index (χ4n) is 2.67. The fraction of sp³-hybridized carbons (Fsp3) is 0.333. The van der Waals surface area contributed by atoms with Gasteiger partial charge >= 0.3 is 0 Å². The lowest BCUT2D eigenvalue weighted by Crippen LogP contribution is -2.25. The van der Waals surface area contributed by atoms with Crippen molar-refractivity contribution in [3.8, 4) is 0 Å². The molecule has 0 fully saturated rings. The highest BCUT2D eigenvalue weighted by Gasteiger charge is 2.26. The van der Waals surface area contributed by atoms with E-state index in [4.69, 9.17) is 0 Å². The third-order valence-corrected chi connectivity index (χ3v) is 4.14. The van der Waals surface area contributed by atoms with Gasteiger partial charge in [0, 0.05) is 12.4 Å². The van der Waals surface area contributed by atoms with Gasteiger partial charge in [-0.3, -0.25) is 0 Å². The van der Waals surface area contributed by atoms with Crippen LogP contribution in [0.4, 0.5) is 5.95 Å². The lowest BCUT2D eigenvalue weighted by molar-refractivity contribution is 0.432. The number of fused-ring (bicyclic) bond motifs is 1. The molecule has 4 heteroatoms. The Kier molecular flexibility index (Phi) is 3.51. The van der Waals surface area contributed by atoms with Gasteiger partial charge in [0.2, 0.25) is 5.95 Å². The molecule has 1 aliphatic rings. The average Bonchev–Trinajstić information content (AvgIpc) is 2.44. The van der Waals surface area contributed by atoms with Gasteiger partial charge in [0.05, 0.1) is 10.5 Å². The molecular weight excluding hydrogens is 302 g/mol. The molecular formula is C15H16BrN3. The molecule has 0 bridgehead atoms. The van der Waals surface area contributed by atoms with Gasteiger partial charge in [0.1, 0.15) is 0 Å². The Morgan fingerprint density at radius 1 is 1.21 bits per heavy atom. The highest BCUT2D eigenvalue weighted by molar-refractivity contribution is 9.10. The van der Waals surface area contributed by atoms with Crippen LogP contribution in [0.25, 0.3) is 0 Å². The maximum Gasteiger partial charge on any atom is 0.223 e. The van der Waals surface area contributed by atoms with E-state index in [2.05, 4.69) is 62.4 Å². The van der Waals surface area contributed by atoms with Crippen molar-refractivity contribution in [2.45, 2.75) is 25.8 Å². The van der Waals surface area contributed by atoms with Crippen molar-refractivity contribution in [2.24, 2.45) is 5.92 Å². The molecule has 0 amide bonds. The van der Waals surface area contributed by atoms with E-state index in [0.717, 1.165) is 10.9 Å². The van der Waals surface area contributed by atoms with E-state index in [1.807, 2.05) is 0 Å². The number of nitrogens with zero attached hydrogens (tertiary/aromatic N) is 2. The molecule has 3 rings (SSSR count). The van der Waals surface area contributed by atoms with Crippen LogP contribution < -0.4 is 5.32 Å². The number of hydrogen-bond acceptors (Lipinski definition) is 3. The third-order valence-electron chi connectivity index (χ3n) is 3.73. The van der Waals surface area contributed by atoms with Crippen molar-refractivity contribution >= 4 is 21.9 Å². The first-order valence-electron chi connectivity index (χ1n) is 6.56. The largest absolute Gasteiger partial charge is 0.347 e. The Bertz CT molecular complexity index is 568. The minimum absolute atomic E-state index is 0.297. The quantitative estimate of drug-likeness (QED) is 0.910. The zero-order valence-corrected chi connectivity index (χ0v) is 12.4. The van der Waals surface area contributed by atoms with Crippen molar-refractivity contribution in [3.63, 3.8) is 0 Å². The first-order valence-corrected chi connectivity index (χ1v) is 7.35. The lowest BCUT2D eigenvalue weighted by Gasteiger charge is -2.32. The molecule has 1 aromatic heterocycles. The number of halogens is 1. The van der Waals surface area contributed by atoms with Crippen LogP contribution in [0.3, 0.4) is 0 Å². The van der Waals surface area contributed by atoms with Crippen LogP contribution in [0.15, 0.2) is 41.1 Å². The maximum absolute atomic E-state index is 4.31. The van der Waals surface area contributed by atoms with E-state index in [1.165, 1.54) is 17.5 Å². The molecule has 98 valence electrons. The Morgan fingerprint density at radius 3 is 2.74 bits per heavy atom. The Morgan fingerprint density at radius 2 is 1.95 bits per heavy atom. The number of nitrogens with one attached hydrogen (secondary N) is 1. The SMILES string of the molecule is CC1CCc2ccccc2C1Nc1ncc(Br)cn1. The maximum atomic E-state index is 4.31. The van der Waals surface area contributed by atoms with E-state index in [9.17, 15) is 0 Å². The first-order chi connectivity index (χ1) is 9.24. The molecule has 3 nitrogen and oxygen atoms in total. The van der Waals surface area contributed by atoms with E-state index < -0.39 is 0 Å². The Balaban J connectivity index is 1.89. The zero-order valence-electron chi connectivity index (χ0n) is 10.8. The second-order valence-electron chi connectivity index (χ2n) is 5.06. The summed E-state index contributed by atoms with van der Waals surface area (Å²) in [5, 5.41) is 3.47.